The fraction of sp³-hybridized carbons (Fsp3) is 0.533. The van der Waals surface area contributed by atoms with Gasteiger partial charge in [0.25, 0.3) is 5.91 Å². The average Bonchev–Trinajstić information content (AvgIpc) is 3.21. The van der Waals surface area contributed by atoms with Gasteiger partial charge in [-0.25, -0.2) is 4.79 Å². The van der Waals surface area contributed by atoms with Crippen molar-refractivity contribution in [2.24, 2.45) is 11.8 Å². The number of esters is 2. The molecule has 0 saturated carbocycles. The van der Waals surface area contributed by atoms with E-state index in [0.29, 0.717) is 30.6 Å². The minimum atomic E-state index is -1.22. The third kappa shape index (κ3) is 13.4. The highest BCUT2D eigenvalue weighted by molar-refractivity contribution is 5.95. The monoisotopic (exact) mass is 821 g/mol. The number of amides is 3. The van der Waals surface area contributed by atoms with Crippen LogP contribution in [0.5, 0.6) is 11.5 Å². The molecular formula is C45H65N4O10+. The molecule has 14 heteroatoms. The molecular weight excluding hydrogens is 757 g/mol. The summed E-state index contributed by atoms with van der Waals surface area (Å²) < 4.78 is 16.4. The molecule has 2 aromatic carbocycles. The lowest BCUT2D eigenvalue weighted by molar-refractivity contribution is -0.164. The van der Waals surface area contributed by atoms with E-state index in [-0.39, 0.29) is 18.6 Å². The fourth-order valence-corrected chi connectivity index (χ4v) is 6.72. The second-order valence-corrected chi connectivity index (χ2v) is 16.3. The fourth-order valence-electron chi connectivity index (χ4n) is 6.72. The van der Waals surface area contributed by atoms with Crippen LogP contribution in [0.4, 0.5) is 0 Å². The number of phenolic OH excluding ortho intramolecular Hbond substituents is 1. The predicted octanol–water partition coefficient (Wildman–Crippen LogP) is 3.80. The van der Waals surface area contributed by atoms with E-state index in [0.717, 1.165) is 11.1 Å². The number of allylic oxidation sites excluding steroid dienone is 1. The highest BCUT2D eigenvalue weighted by Gasteiger charge is 2.40. The first kappa shape index (κ1) is 48.2. The lowest BCUT2D eigenvalue weighted by atomic mass is 9.91. The zero-order chi connectivity index (χ0) is 44.2. The maximum atomic E-state index is 14.6. The van der Waals surface area contributed by atoms with E-state index in [2.05, 4.69) is 5.32 Å². The Morgan fingerprint density at radius 1 is 0.814 bits per heavy atom. The number of ether oxygens (including phenoxy) is 3. The van der Waals surface area contributed by atoms with Crippen molar-refractivity contribution in [2.75, 3.05) is 42.4 Å². The number of nitrogens with zero attached hydrogens (tertiary/aromatic N) is 3. The number of likely N-dealkylation sites (N-methyl/N-ethyl adjacent to an activating group) is 3. The number of methoxy groups -OCH3 is 2. The highest BCUT2D eigenvalue weighted by atomic mass is 16.6. The van der Waals surface area contributed by atoms with Gasteiger partial charge in [0.1, 0.15) is 35.7 Å². The molecule has 0 aromatic heterocycles. The summed E-state index contributed by atoms with van der Waals surface area (Å²) in [5.74, 6) is -3.15. The topological polar surface area (TPSA) is 178 Å². The molecule has 1 aliphatic carbocycles. The summed E-state index contributed by atoms with van der Waals surface area (Å²) in [6.45, 7) is 8.99. The van der Waals surface area contributed by atoms with Crippen molar-refractivity contribution < 1.29 is 48.4 Å². The molecule has 0 bridgehead atoms. The van der Waals surface area contributed by atoms with E-state index in [1.807, 2.05) is 37.3 Å². The van der Waals surface area contributed by atoms with Crippen LogP contribution in [0.1, 0.15) is 65.0 Å². The minimum absolute atomic E-state index is 0.0192. The first-order valence-electron chi connectivity index (χ1n) is 20.1. The molecule has 3 amide bonds. The Labute approximate surface area is 349 Å². The number of phenols is 1. The van der Waals surface area contributed by atoms with Crippen LogP contribution in [0.3, 0.4) is 0 Å². The minimum Gasteiger partial charge on any atom is -0.508 e. The van der Waals surface area contributed by atoms with Crippen LogP contribution < -0.4 is 10.1 Å². The van der Waals surface area contributed by atoms with Gasteiger partial charge in [0.2, 0.25) is 11.8 Å². The van der Waals surface area contributed by atoms with Gasteiger partial charge >= 0.3 is 11.9 Å². The first-order chi connectivity index (χ1) is 27.7. The number of benzene rings is 2. The van der Waals surface area contributed by atoms with E-state index >= 15 is 0 Å². The average molecular weight is 822 g/mol. The predicted molar refractivity (Wildman–Crippen MR) is 226 cm³/mol. The summed E-state index contributed by atoms with van der Waals surface area (Å²) in [4.78, 5) is 74.5. The molecule has 0 fully saturated rings. The van der Waals surface area contributed by atoms with E-state index < -0.39 is 77.4 Å². The third-order valence-corrected chi connectivity index (χ3v) is 11.0. The summed E-state index contributed by atoms with van der Waals surface area (Å²) in [6, 6.07) is 9.54. The number of aromatic hydroxyl groups is 1. The molecule has 2 aromatic rings. The Bertz CT molecular complexity index is 1810. The number of carbonyl (C=O) groups excluding carboxylic acids is 5. The molecule has 7 atom stereocenters. The molecule has 4 N–H and O–H groups in total. The summed E-state index contributed by atoms with van der Waals surface area (Å²) in [5, 5.41) is 21.1. The largest absolute Gasteiger partial charge is 0.508 e. The Morgan fingerprint density at radius 3 is 1.86 bits per heavy atom. The van der Waals surface area contributed by atoms with Gasteiger partial charge in [-0.1, -0.05) is 64.1 Å². The molecule has 0 radical (unpaired) electrons. The van der Waals surface area contributed by atoms with E-state index in [1.165, 1.54) is 43.1 Å². The van der Waals surface area contributed by atoms with Crippen molar-refractivity contribution in [2.45, 2.75) is 103 Å². The summed E-state index contributed by atoms with van der Waals surface area (Å²) in [5.41, 5.74) is 1.49. The van der Waals surface area contributed by atoms with Crippen LogP contribution in [0.15, 0.2) is 72.3 Å². The number of rotatable bonds is 20. The molecule has 3 rings (SSSR count). The Kier molecular flexibility index (Phi) is 17.7. The van der Waals surface area contributed by atoms with Gasteiger partial charge in [0.15, 0.2) is 11.7 Å². The van der Waals surface area contributed by atoms with Crippen LogP contribution in [0.25, 0.3) is 0 Å². The summed E-state index contributed by atoms with van der Waals surface area (Å²) >= 11 is 0. The summed E-state index contributed by atoms with van der Waals surface area (Å²) in [6.07, 6.45) is 5.57. The zero-order valence-electron chi connectivity index (χ0n) is 36.5. The maximum Gasteiger partial charge on any atom is 0.328 e. The lowest BCUT2D eigenvalue weighted by Gasteiger charge is -2.37. The van der Waals surface area contributed by atoms with E-state index in [9.17, 15) is 29.1 Å². The molecule has 0 heterocycles. The Morgan fingerprint density at radius 2 is 1.37 bits per heavy atom. The van der Waals surface area contributed by atoms with E-state index in [1.54, 1.807) is 78.1 Å². The van der Waals surface area contributed by atoms with Gasteiger partial charge in [0.05, 0.1) is 14.2 Å². The maximum absolute atomic E-state index is 14.6. The van der Waals surface area contributed by atoms with Gasteiger partial charge in [-0.15, -0.1) is 0 Å². The van der Waals surface area contributed by atoms with Crippen LogP contribution in [0, 0.1) is 11.8 Å². The number of carbonyl (C=O) groups is 5. The molecule has 0 aliphatic heterocycles. The van der Waals surface area contributed by atoms with Crippen LogP contribution in [-0.4, -0.2) is 133 Å². The smallest absolute Gasteiger partial charge is 0.328 e. The number of nitrogens with one attached hydrogen (secondary N) is 1. The first-order valence-corrected chi connectivity index (χ1v) is 20.1. The van der Waals surface area contributed by atoms with Crippen molar-refractivity contribution in [1.82, 2.24) is 20.0 Å². The van der Waals surface area contributed by atoms with E-state index in [4.69, 9.17) is 19.3 Å². The summed E-state index contributed by atoms with van der Waals surface area (Å²) in [7, 11) is 9.29. The molecule has 0 saturated heterocycles. The van der Waals surface area contributed by atoms with Gasteiger partial charge < -0.3 is 39.5 Å². The van der Waals surface area contributed by atoms with Gasteiger partial charge in [0, 0.05) is 46.2 Å². The third-order valence-electron chi connectivity index (χ3n) is 11.0. The number of hydrogen-bond donors (Lipinski definition) is 2. The van der Waals surface area contributed by atoms with Crippen molar-refractivity contribution in [3.8, 4) is 11.5 Å². The molecule has 1 aliphatic rings. The van der Waals surface area contributed by atoms with Gasteiger partial charge in [-0.05, 0) is 79.9 Å². The van der Waals surface area contributed by atoms with Crippen LogP contribution >= 0.6 is 0 Å². The second kappa shape index (κ2) is 21.7. The molecule has 0 spiro atoms. The van der Waals surface area contributed by atoms with Crippen molar-refractivity contribution in [1.29, 1.82) is 0 Å². The molecule has 1 unspecified atom stereocenters. The highest BCUT2D eigenvalue weighted by Crippen LogP contribution is 2.26. The normalized spacial score (nSPS) is 18.1. The lowest BCUT2D eigenvalue weighted by Crippen LogP contribution is -2.59. The van der Waals surface area contributed by atoms with Crippen molar-refractivity contribution >= 4 is 29.7 Å². The Balaban J connectivity index is 1.92. The van der Waals surface area contributed by atoms with Gasteiger partial charge in [-0.2, -0.15) is 0 Å². The molecule has 324 valence electrons. The second-order valence-electron chi connectivity index (χ2n) is 16.3. The Hall–Kier alpha value is -5.21. The number of hydrogen-bond acceptors (Lipinski definition) is 10. The van der Waals surface area contributed by atoms with Crippen LogP contribution in [0.2, 0.25) is 0 Å². The van der Waals surface area contributed by atoms with Crippen LogP contribution in [-0.2, 0) is 46.3 Å². The standard InChI is InChI=1S/C45H64N4O10/c1-12-29(4)39(59-44(55)36(47(6)7)26-31-15-19-34(57-10)20-16-31)40(51)46-38(28(2)3)42(53)48(8)35(25-30-13-17-33(50)18-14-30)41(52)49(9)37(43(54)58-11)27-32-21-23-45(5,56)24-22-32/h13-23,28-29,35-39,50,56H,12,24-27H2,1-11H3,(H,46,51)/p+1/t29-,35+,36+,37-,38-,39+,45?/m0/s1. The SMILES string of the molecule is CC[C@H](C)[C@@H](OC(=O)[C@@H](Cc1ccc(OC)cc1)N(C)C)C(=O)N[C@H](C(=O)N(C)[C@H](Cc1ccc(O)cc1)C(=O)N(C)[C@@H](CC1=CCC(C)([OH2+])C=C1)C(=O)OC)C(C)C. The molecule has 14 nitrogen and oxygen atoms in total. The molecule has 59 heavy (non-hydrogen) atoms. The van der Waals surface area contributed by atoms with Gasteiger partial charge in [-0.3, -0.25) is 24.1 Å². The van der Waals surface area contributed by atoms with Crippen molar-refractivity contribution in [3.05, 3.63) is 83.5 Å². The zero-order valence-corrected chi connectivity index (χ0v) is 36.5. The van der Waals surface area contributed by atoms with Crippen molar-refractivity contribution in [3.63, 3.8) is 0 Å². The quantitative estimate of drug-likeness (QED) is 0.148.